The van der Waals surface area contributed by atoms with Crippen LogP contribution in [0.3, 0.4) is 0 Å². The highest BCUT2D eigenvalue weighted by Gasteiger charge is 2.72. The van der Waals surface area contributed by atoms with Crippen molar-refractivity contribution in [1.82, 2.24) is 0 Å². The van der Waals surface area contributed by atoms with Crippen LogP contribution in [-0.2, 0) is 120 Å². The van der Waals surface area contributed by atoms with Crippen molar-refractivity contribution in [2.24, 2.45) is 45.8 Å². The van der Waals surface area contributed by atoms with Crippen molar-refractivity contribution in [2.75, 3.05) is 13.2 Å². The van der Waals surface area contributed by atoms with Crippen molar-refractivity contribution in [2.45, 2.75) is 335 Å². The Kier molecular flexibility index (Phi) is 31.6. The Hall–Kier alpha value is -6.84. The molecule has 19 atom stereocenters. The summed E-state index contributed by atoms with van der Waals surface area (Å²) in [5, 5.41) is 0. The molecule has 116 heavy (non-hydrogen) atoms. The van der Waals surface area contributed by atoms with Gasteiger partial charge in [0.05, 0.1) is 53.1 Å². The van der Waals surface area contributed by atoms with Crippen LogP contribution in [0, 0.1) is 45.8 Å². The van der Waals surface area contributed by atoms with Gasteiger partial charge in [-0.1, -0.05) is 113 Å². The third kappa shape index (κ3) is 23.6. The van der Waals surface area contributed by atoms with Crippen molar-refractivity contribution in [1.29, 1.82) is 0 Å². The molecule has 2 saturated carbocycles. The third-order valence-electron chi connectivity index (χ3n) is 22.1. The van der Waals surface area contributed by atoms with Crippen LogP contribution in [0.25, 0.3) is 0 Å². The average Bonchev–Trinajstić information content (AvgIpc) is 1.56. The molecule has 0 bridgehead atoms. The maximum atomic E-state index is 13.1. The van der Waals surface area contributed by atoms with E-state index in [9.17, 15) is 109 Å². The Bertz CT molecular complexity index is 3550. The Labute approximate surface area is 661 Å². The Morgan fingerprint density at radius 3 is 1.13 bits per heavy atom. The Balaban J connectivity index is 0.000000268. The highest BCUT2D eigenvalue weighted by Crippen LogP contribution is 2.56. The summed E-state index contributed by atoms with van der Waals surface area (Å²) in [6, 6.07) is 9.08. The van der Waals surface area contributed by atoms with Crippen molar-refractivity contribution < 1.29 is 180 Å². The fraction of sp³-hybridized carbons (Fsp3) is 0.805. The number of halogens is 15. The lowest BCUT2D eigenvalue weighted by Crippen LogP contribution is -2.47. The first kappa shape index (κ1) is 98.0. The first-order chi connectivity index (χ1) is 53.2. The molecule has 2 aliphatic carbocycles. The smallest absolute Gasteiger partial charge is 0.434 e. The number of fused-ring (bicyclic) bond motifs is 6. The Morgan fingerprint density at radius 1 is 0.448 bits per heavy atom. The molecule has 0 N–H and O–H groups in total. The SMILES string of the molecule is CCC(C)(C)C(=O)OC1C(=O)OC2C3OC4(CC(C(=O)OC(C)C(F)(F)F)C(C(=O)OC(C(F)(F)F)C(F)(F)F)C4)OC3OC12.CCC(C)c1ccc(C(C)(C)C)cc1.CCCCC(CC)COC(=O)C(C)(C)CC.CCOC(=O)C1CC2(CC1C(=O)OC(C(F)(F)F)C(F)(F)F)OC1OC3C(OC(=O)C(C)(C)CC)C(=O)OC3C1O2. The van der Waals surface area contributed by atoms with Gasteiger partial charge >= 0.3 is 84.6 Å². The molecule has 39 heteroatoms. The molecule has 8 aliphatic rings. The van der Waals surface area contributed by atoms with Gasteiger partial charge < -0.3 is 71.1 Å². The highest BCUT2D eigenvalue weighted by atomic mass is 19.4. The lowest BCUT2D eigenvalue weighted by atomic mass is 9.85. The van der Waals surface area contributed by atoms with E-state index in [1.807, 2.05) is 20.8 Å². The maximum absolute atomic E-state index is 13.1. The van der Waals surface area contributed by atoms with Gasteiger partial charge in [0.15, 0.2) is 54.7 Å². The summed E-state index contributed by atoms with van der Waals surface area (Å²) >= 11 is 0. The summed E-state index contributed by atoms with van der Waals surface area (Å²) in [6.07, 6.45) is -50.0. The van der Waals surface area contributed by atoms with E-state index in [1.54, 1.807) is 41.5 Å². The molecule has 0 radical (unpaired) electrons. The van der Waals surface area contributed by atoms with Crippen LogP contribution in [0.15, 0.2) is 24.3 Å². The second-order valence-electron chi connectivity index (χ2n) is 32.9. The molecule has 9 rings (SSSR count). The van der Waals surface area contributed by atoms with E-state index < -0.39 is 230 Å². The lowest BCUT2D eigenvalue weighted by molar-refractivity contribution is -0.315. The van der Waals surface area contributed by atoms with Crippen molar-refractivity contribution in [3.05, 3.63) is 35.4 Å². The molecular formula is C77H105F15O24. The van der Waals surface area contributed by atoms with E-state index >= 15 is 0 Å². The van der Waals surface area contributed by atoms with Gasteiger partial charge in [-0.15, -0.1) is 0 Å². The minimum absolute atomic E-state index is 0.0510. The maximum Gasteiger partial charge on any atom is 0.434 e. The number of carbonyl (C=O) groups is 9. The first-order valence-corrected chi connectivity index (χ1v) is 38.4. The molecule has 6 aliphatic heterocycles. The number of esters is 9. The fourth-order valence-electron chi connectivity index (χ4n) is 13.3. The monoisotopic (exact) mass is 1700 g/mol. The molecular weight excluding hydrogens is 1590 g/mol. The lowest BCUT2D eigenvalue weighted by Gasteiger charge is -2.27. The van der Waals surface area contributed by atoms with Crippen LogP contribution in [0.1, 0.15) is 219 Å². The van der Waals surface area contributed by atoms with Gasteiger partial charge in [-0.05, 0) is 116 Å². The number of ether oxygens (including phenoxy) is 15. The molecule has 0 aromatic heterocycles. The van der Waals surface area contributed by atoms with Crippen LogP contribution in [0.4, 0.5) is 65.9 Å². The van der Waals surface area contributed by atoms with Crippen molar-refractivity contribution in [3.8, 4) is 0 Å². The topological polar surface area (TPSA) is 292 Å². The molecule has 2 spiro atoms. The van der Waals surface area contributed by atoms with Crippen LogP contribution in [-0.4, -0.2) is 189 Å². The minimum Gasteiger partial charge on any atom is -0.466 e. The summed E-state index contributed by atoms with van der Waals surface area (Å²) in [7, 11) is 0. The van der Waals surface area contributed by atoms with Crippen molar-refractivity contribution in [3.63, 3.8) is 0 Å². The number of unbranched alkanes of at least 4 members (excludes halogenated alkanes) is 1. The summed E-state index contributed by atoms with van der Waals surface area (Å²) < 4.78 is 273. The van der Waals surface area contributed by atoms with Crippen LogP contribution >= 0.6 is 0 Å². The van der Waals surface area contributed by atoms with Crippen molar-refractivity contribution >= 4 is 53.7 Å². The van der Waals surface area contributed by atoms with Gasteiger partial charge in [0, 0.05) is 25.7 Å². The molecule has 662 valence electrons. The predicted molar refractivity (Wildman–Crippen MR) is 369 cm³/mol. The summed E-state index contributed by atoms with van der Waals surface area (Å²) in [6.45, 7) is 33.5. The minimum atomic E-state index is -6.13. The third-order valence-corrected chi connectivity index (χ3v) is 22.1. The zero-order chi connectivity index (χ0) is 88.2. The largest absolute Gasteiger partial charge is 0.466 e. The second-order valence-corrected chi connectivity index (χ2v) is 32.9. The average molecular weight is 1700 g/mol. The van der Waals surface area contributed by atoms with Gasteiger partial charge in [0.25, 0.3) is 12.2 Å². The summed E-state index contributed by atoms with van der Waals surface area (Å²) in [4.78, 5) is 112. The van der Waals surface area contributed by atoms with E-state index in [0.717, 1.165) is 12.8 Å². The standard InChI is InChI=1S/C25H27F9O11.C24H28F6O11.C14H28O2.C14H22/c1-5-21(3,4)20(38)42-13-11-12(40-17(13)37)14-18(41-11)45-22(44-14)6-9(15(35)39-8(2)23(26,27)28)10(7-22)16(36)43-19(24(29,30)31)25(32,33)34;1-5-21(3,4)20(34)38-13-11-12(36-17(13)33)14-18(37-11)41-22(40-14)7-9(15(31)35-6-2)10(8-22)16(32)39-19(23(25,26)27)24(28,29)30;1-6-9-10-12(7-2)11-16-13(15)14(4,5)8-3;1-6-11(2)12-7-9-13(10-8-12)14(3,4)5/h8-14,18-19H,5-7H2,1-4H3;9-14,18-19H,5-8H2,1-4H3;12H,6-11H2,1-5H3;7-11H,6H2,1-5H3. The summed E-state index contributed by atoms with van der Waals surface area (Å²) in [5.74, 6) is -21.3. The first-order valence-electron chi connectivity index (χ1n) is 38.4. The van der Waals surface area contributed by atoms with Crippen LogP contribution in [0.5, 0.6) is 0 Å². The molecule has 6 heterocycles. The molecule has 0 amide bonds. The number of hydrogen-bond donors (Lipinski definition) is 0. The van der Waals surface area contributed by atoms with Gasteiger partial charge in [0.2, 0.25) is 12.2 Å². The Morgan fingerprint density at radius 2 is 0.810 bits per heavy atom. The fourth-order valence-corrected chi connectivity index (χ4v) is 13.3. The van der Waals surface area contributed by atoms with E-state index in [2.05, 4.69) is 86.9 Å². The van der Waals surface area contributed by atoms with Gasteiger partial charge in [-0.3, -0.25) is 33.6 Å². The highest BCUT2D eigenvalue weighted by molar-refractivity contribution is 5.86. The normalized spacial score (nSPS) is 29.1. The number of alkyl halides is 15. The van der Waals surface area contributed by atoms with Gasteiger partial charge in [-0.2, -0.15) is 65.9 Å². The molecule has 1 aromatic rings. The molecule has 6 saturated heterocycles. The molecule has 8 fully saturated rings. The van der Waals surface area contributed by atoms with Gasteiger partial charge in [-0.25, -0.2) is 9.59 Å². The van der Waals surface area contributed by atoms with E-state index in [1.165, 1.54) is 43.7 Å². The van der Waals surface area contributed by atoms with Crippen LogP contribution in [0.2, 0.25) is 0 Å². The molecule has 1 aromatic carbocycles. The number of rotatable bonds is 24. The second kappa shape index (κ2) is 37.4. The zero-order valence-corrected chi connectivity index (χ0v) is 67.6. The van der Waals surface area contributed by atoms with E-state index in [0.29, 0.717) is 38.2 Å². The zero-order valence-electron chi connectivity index (χ0n) is 67.6. The predicted octanol–water partition coefficient (Wildman–Crippen LogP) is 15.1. The van der Waals surface area contributed by atoms with E-state index in [4.69, 9.17) is 56.8 Å². The molecule has 19 unspecified atom stereocenters. The van der Waals surface area contributed by atoms with Gasteiger partial charge in [0.1, 0.15) is 12.2 Å². The number of carbonyl (C=O) groups excluding carboxylic acids is 9. The number of hydrogen-bond acceptors (Lipinski definition) is 24. The molecule has 24 nitrogen and oxygen atoms in total. The quantitative estimate of drug-likeness (QED) is 0.0528. The number of benzene rings is 1. The van der Waals surface area contributed by atoms with Crippen LogP contribution < -0.4 is 0 Å². The van der Waals surface area contributed by atoms with E-state index in [-0.39, 0.29) is 23.4 Å². The summed E-state index contributed by atoms with van der Waals surface area (Å²) in [5.41, 5.74) is 0.903.